The zero-order valence-corrected chi connectivity index (χ0v) is 14.1. The van der Waals surface area contributed by atoms with Crippen molar-refractivity contribution in [3.8, 4) is 0 Å². The Morgan fingerprint density at radius 2 is 1.77 bits per heavy atom. The van der Waals surface area contributed by atoms with Crippen molar-refractivity contribution in [1.82, 2.24) is 0 Å². The minimum Gasteiger partial charge on any atom is -0.207 e. The van der Waals surface area contributed by atoms with Gasteiger partial charge in [0.1, 0.15) is 5.82 Å². The Kier molecular flexibility index (Phi) is 7.70. The van der Waals surface area contributed by atoms with E-state index in [1.165, 1.54) is 56.9 Å². The molecule has 0 bridgehead atoms. The van der Waals surface area contributed by atoms with Crippen LogP contribution in [-0.4, -0.2) is 0 Å². The van der Waals surface area contributed by atoms with Crippen molar-refractivity contribution in [3.05, 3.63) is 47.8 Å². The first kappa shape index (κ1) is 17.2. The van der Waals surface area contributed by atoms with Crippen LogP contribution in [0, 0.1) is 17.7 Å². The van der Waals surface area contributed by atoms with Crippen molar-refractivity contribution in [3.63, 3.8) is 0 Å². The van der Waals surface area contributed by atoms with Gasteiger partial charge in [-0.05, 0) is 68.1 Å². The summed E-state index contributed by atoms with van der Waals surface area (Å²) in [4.78, 5) is 0. The normalized spacial score (nSPS) is 22.3. The van der Waals surface area contributed by atoms with Crippen molar-refractivity contribution >= 4 is 0 Å². The van der Waals surface area contributed by atoms with Gasteiger partial charge in [-0.15, -0.1) is 0 Å². The average molecular weight is 302 g/mol. The van der Waals surface area contributed by atoms with Gasteiger partial charge >= 0.3 is 0 Å². The van der Waals surface area contributed by atoms with Crippen LogP contribution < -0.4 is 0 Å². The minimum atomic E-state index is -0.144. The van der Waals surface area contributed by atoms with E-state index in [9.17, 15) is 4.39 Å². The zero-order valence-electron chi connectivity index (χ0n) is 14.1. The van der Waals surface area contributed by atoms with Crippen LogP contribution in [0.15, 0.2) is 36.4 Å². The molecule has 1 aliphatic carbocycles. The fourth-order valence-electron chi connectivity index (χ4n) is 3.54. The van der Waals surface area contributed by atoms with Gasteiger partial charge in [-0.2, -0.15) is 0 Å². The molecule has 0 aromatic heterocycles. The molecule has 0 unspecified atom stereocenters. The second-order valence-electron chi connectivity index (χ2n) is 6.87. The lowest BCUT2D eigenvalue weighted by atomic mass is 9.79. The number of halogens is 1. The highest BCUT2D eigenvalue weighted by Gasteiger charge is 2.18. The number of hydrogen-bond acceptors (Lipinski definition) is 0. The molecule has 2 rings (SSSR count). The Labute approximate surface area is 135 Å². The minimum absolute atomic E-state index is 0.144. The maximum Gasteiger partial charge on any atom is 0.123 e. The molecule has 0 amide bonds. The molecule has 0 aliphatic heterocycles. The van der Waals surface area contributed by atoms with E-state index < -0.39 is 0 Å². The summed E-state index contributed by atoms with van der Waals surface area (Å²) >= 11 is 0. The maximum atomic E-state index is 12.8. The fourth-order valence-corrected chi connectivity index (χ4v) is 3.54. The van der Waals surface area contributed by atoms with Crippen LogP contribution in [0.1, 0.15) is 70.3 Å². The van der Waals surface area contributed by atoms with E-state index in [1.807, 2.05) is 12.1 Å². The van der Waals surface area contributed by atoms with Crippen molar-refractivity contribution in [2.75, 3.05) is 0 Å². The Morgan fingerprint density at radius 1 is 1.05 bits per heavy atom. The predicted octanol–water partition coefficient (Wildman–Crippen LogP) is 6.70. The molecule has 22 heavy (non-hydrogen) atoms. The number of allylic oxidation sites excluding steroid dienone is 2. The molecule has 0 nitrogen and oxygen atoms in total. The molecule has 0 N–H and O–H groups in total. The molecular weight excluding hydrogens is 271 g/mol. The molecule has 0 radical (unpaired) electrons. The van der Waals surface area contributed by atoms with Crippen molar-refractivity contribution < 1.29 is 4.39 Å². The van der Waals surface area contributed by atoms with Gasteiger partial charge < -0.3 is 0 Å². The second-order valence-corrected chi connectivity index (χ2v) is 6.87. The highest BCUT2D eigenvalue weighted by atomic mass is 19.1. The van der Waals surface area contributed by atoms with Gasteiger partial charge in [0.2, 0.25) is 0 Å². The topological polar surface area (TPSA) is 0 Å². The third-order valence-electron chi connectivity index (χ3n) is 5.03. The Morgan fingerprint density at radius 3 is 2.45 bits per heavy atom. The first-order valence-corrected chi connectivity index (χ1v) is 9.19. The van der Waals surface area contributed by atoms with Crippen LogP contribution in [-0.2, 0) is 6.42 Å². The summed E-state index contributed by atoms with van der Waals surface area (Å²) in [5.41, 5.74) is 1.23. The van der Waals surface area contributed by atoms with Crippen LogP contribution in [0.5, 0.6) is 0 Å². The fraction of sp³-hybridized carbons (Fsp3) is 0.619. The van der Waals surface area contributed by atoms with Crippen LogP contribution in [0.2, 0.25) is 0 Å². The van der Waals surface area contributed by atoms with Crippen LogP contribution in [0.4, 0.5) is 4.39 Å². The Bertz CT molecular complexity index is 424. The summed E-state index contributed by atoms with van der Waals surface area (Å²) in [5.74, 6) is 1.65. The van der Waals surface area contributed by atoms with Gasteiger partial charge in [-0.3, -0.25) is 0 Å². The molecule has 0 heterocycles. The molecule has 0 atom stereocenters. The Balaban J connectivity index is 1.60. The van der Waals surface area contributed by atoms with E-state index in [-0.39, 0.29) is 5.82 Å². The summed E-state index contributed by atoms with van der Waals surface area (Å²) in [6, 6.07) is 6.90. The van der Waals surface area contributed by atoms with Crippen LogP contribution in [0.25, 0.3) is 0 Å². The second kappa shape index (κ2) is 9.82. The van der Waals surface area contributed by atoms with Gasteiger partial charge in [0, 0.05) is 0 Å². The van der Waals surface area contributed by atoms with Gasteiger partial charge in [0.15, 0.2) is 0 Å². The number of rotatable bonds is 8. The summed E-state index contributed by atoms with van der Waals surface area (Å²) < 4.78 is 12.8. The standard InChI is InChI=1S/C21H31F/c1-2-3-4-7-18-10-12-19(13-11-18)8-5-6-9-20-14-16-21(22)17-15-20/h5,8,14-19H,2-4,6-7,9-13H2,1H3/t18-,19-. The lowest BCUT2D eigenvalue weighted by Crippen LogP contribution is -2.13. The molecule has 122 valence electrons. The predicted molar refractivity (Wildman–Crippen MR) is 93.5 cm³/mol. The number of unbranched alkanes of at least 4 members (excludes halogenated alkanes) is 2. The molecule has 1 aliphatic rings. The highest BCUT2D eigenvalue weighted by Crippen LogP contribution is 2.32. The third kappa shape index (κ3) is 6.34. The van der Waals surface area contributed by atoms with Crippen LogP contribution >= 0.6 is 0 Å². The molecule has 0 saturated heterocycles. The van der Waals surface area contributed by atoms with Crippen LogP contribution in [0.3, 0.4) is 0 Å². The van der Waals surface area contributed by atoms with Gasteiger partial charge in [-0.25, -0.2) is 4.39 Å². The summed E-state index contributed by atoms with van der Waals surface area (Å²) in [5, 5.41) is 0. The monoisotopic (exact) mass is 302 g/mol. The van der Waals surface area contributed by atoms with E-state index >= 15 is 0 Å². The largest absolute Gasteiger partial charge is 0.207 e. The molecule has 1 saturated carbocycles. The first-order chi connectivity index (χ1) is 10.8. The third-order valence-corrected chi connectivity index (χ3v) is 5.03. The molecule has 1 heteroatoms. The number of hydrogen-bond donors (Lipinski definition) is 0. The average Bonchev–Trinajstić information content (AvgIpc) is 2.55. The number of aryl methyl sites for hydroxylation is 1. The molecule has 1 aromatic carbocycles. The van der Waals surface area contributed by atoms with E-state index in [0.29, 0.717) is 0 Å². The highest BCUT2D eigenvalue weighted by molar-refractivity contribution is 5.16. The smallest absolute Gasteiger partial charge is 0.123 e. The van der Waals surface area contributed by atoms with E-state index in [2.05, 4.69) is 19.1 Å². The molecule has 1 aromatic rings. The van der Waals surface area contributed by atoms with Gasteiger partial charge in [0.25, 0.3) is 0 Å². The summed E-state index contributed by atoms with van der Waals surface area (Å²) in [6.45, 7) is 2.29. The quantitative estimate of drug-likeness (QED) is 0.370. The SMILES string of the molecule is CCCCC[C@H]1CC[C@H](C=CCCc2ccc(F)cc2)CC1. The van der Waals surface area contributed by atoms with Crippen molar-refractivity contribution in [2.24, 2.45) is 11.8 Å². The number of benzene rings is 1. The zero-order chi connectivity index (χ0) is 15.6. The van der Waals surface area contributed by atoms with E-state index in [0.717, 1.165) is 24.7 Å². The molecule has 0 spiro atoms. The lowest BCUT2D eigenvalue weighted by molar-refractivity contribution is 0.289. The lowest BCUT2D eigenvalue weighted by Gasteiger charge is -2.26. The van der Waals surface area contributed by atoms with Gasteiger partial charge in [0.05, 0.1) is 0 Å². The van der Waals surface area contributed by atoms with E-state index in [1.54, 1.807) is 12.1 Å². The summed E-state index contributed by atoms with van der Waals surface area (Å²) in [6.07, 6.45) is 18.1. The van der Waals surface area contributed by atoms with E-state index in [4.69, 9.17) is 0 Å². The van der Waals surface area contributed by atoms with Crippen molar-refractivity contribution in [2.45, 2.75) is 71.1 Å². The maximum absolute atomic E-state index is 12.8. The molecule has 1 fully saturated rings. The molecular formula is C21H31F. The summed E-state index contributed by atoms with van der Waals surface area (Å²) in [7, 11) is 0. The van der Waals surface area contributed by atoms with Gasteiger partial charge in [-0.1, -0.05) is 56.9 Å². The van der Waals surface area contributed by atoms with Crippen molar-refractivity contribution in [1.29, 1.82) is 0 Å². The Hall–Kier alpha value is -1.11. The first-order valence-electron chi connectivity index (χ1n) is 9.19.